The number of hydrogen-bond acceptors (Lipinski definition) is 2. The van der Waals surface area contributed by atoms with E-state index in [2.05, 4.69) is 33.0 Å². The van der Waals surface area contributed by atoms with E-state index in [1.165, 1.54) is 0 Å². The van der Waals surface area contributed by atoms with E-state index in [1.807, 2.05) is 6.08 Å². The van der Waals surface area contributed by atoms with Crippen LogP contribution in [0.4, 0.5) is 0 Å². The van der Waals surface area contributed by atoms with Crippen LogP contribution >= 0.6 is 0 Å². The second-order valence-corrected chi connectivity index (χ2v) is 4.54. The highest BCUT2D eigenvalue weighted by Crippen LogP contribution is 2.25. The Hall–Kier alpha value is -0.500. The summed E-state index contributed by atoms with van der Waals surface area (Å²) in [6, 6.07) is 0. The smallest absolute Gasteiger partial charge is 0.0919 e. The molecule has 2 heteroatoms. The van der Waals surface area contributed by atoms with Crippen LogP contribution < -0.4 is 5.32 Å². The van der Waals surface area contributed by atoms with Gasteiger partial charge in [-0.15, -0.1) is 0 Å². The first-order valence-corrected chi connectivity index (χ1v) is 4.01. The molecule has 0 aromatic carbocycles. The molecule has 0 spiro atoms. The van der Waals surface area contributed by atoms with Crippen LogP contribution in [0.15, 0.2) is 11.8 Å². The largest absolute Gasteiger partial charge is 0.513 e. The van der Waals surface area contributed by atoms with Gasteiger partial charge in [-0.1, -0.05) is 0 Å². The first kappa shape index (κ1) is 8.60. The lowest BCUT2D eigenvalue weighted by Gasteiger charge is -2.39. The van der Waals surface area contributed by atoms with Gasteiger partial charge in [-0.3, -0.25) is 0 Å². The van der Waals surface area contributed by atoms with Gasteiger partial charge in [0.25, 0.3) is 0 Å². The second-order valence-electron chi connectivity index (χ2n) is 4.54. The number of nitrogens with one attached hydrogen (secondary N) is 1. The molecule has 1 rings (SSSR count). The number of aliphatic hydroxyl groups excluding tert-OH is 1. The molecule has 0 radical (unpaired) electrons. The third-order valence-electron chi connectivity index (χ3n) is 1.81. The molecule has 0 aromatic heterocycles. The van der Waals surface area contributed by atoms with Gasteiger partial charge in [0.05, 0.1) is 5.76 Å². The highest BCUT2D eigenvalue weighted by molar-refractivity contribution is 5.15. The second kappa shape index (κ2) is 2.24. The van der Waals surface area contributed by atoms with Crippen molar-refractivity contribution in [2.75, 3.05) is 0 Å². The first-order chi connectivity index (χ1) is 4.81. The number of hydrogen-bond donors (Lipinski definition) is 2. The van der Waals surface area contributed by atoms with Crippen LogP contribution in [-0.4, -0.2) is 16.2 Å². The molecule has 0 saturated heterocycles. The van der Waals surface area contributed by atoms with Gasteiger partial charge in [-0.2, -0.15) is 0 Å². The third-order valence-corrected chi connectivity index (χ3v) is 1.81. The van der Waals surface area contributed by atoms with E-state index >= 15 is 0 Å². The lowest BCUT2D eigenvalue weighted by atomic mass is 9.87. The van der Waals surface area contributed by atoms with Crippen LogP contribution in [0.2, 0.25) is 0 Å². The van der Waals surface area contributed by atoms with Crippen molar-refractivity contribution in [2.45, 2.75) is 45.2 Å². The summed E-state index contributed by atoms with van der Waals surface area (Å²) in [6.45, 7) is 8.31. The van der Waals surface area contributed by atoms with Gasteiger partial charge in [0.1, 0.15) is 0 Å². The van der Waals surface area contributed by atoms with Gasteiger partial charge in [-0.05, 0) is 33.8 Å². The van der Waals surface area contributed by atoms with E-state index < -0.39 is 0 Å². The van der Waals surface area contributed by atoms with E-state index in [-0.39, 0.29) is 11.1 Å². The summed E-state index contributed by atoms with van der Waals surface area (Å²) in [4.78, 5) is 0. The summed E-state index contributed by atoms with van der Waals surface area (Å²) in [7, 11) is 0. The Kier molecular flexibility index (Phi) is 1.75. The van der Waals surface area contributed by atoms with Gasteiger partial charge >= 0.3 is 0 Å². The highest BCUT2D eigenvalue weighted by Gasteiger charge is 2.31. The zero-order chi connectivity index (χ0) is 8.70. The van der Waals surface area contributed by atoms with Crippen LogP contribution in [-0.2, 0) is 0 Å². The predicted octanol–water partition coefficient (Wildman–Crippen LogP) is 1.98. The molecule has 1 aliphatic heterocycles. The molecule has 11 heavy (non-hydrogen) atoms. The normalized spacial score (nSPS) is 27.8. The van der Waals surface area contributed by atoms with E-state index in [1.54, 1.807) is 0 Å². The fourth-order valence-corrected chi connectivity index (χ4v) is 1.87. The molecule has 1 heterocycles. The van der Waals surface area contributed by atoms with Gasteiger partial charge in [0.15, 0.2) is 0 Å². The highest BCUT2D eigenvalue weighted by atomic mass is 16.3. The third kappa shape index (κ3) is 2.22. The molecule has 0 aliphatic carbocycles. The zero-order valence-electron chi connectivity index (χ0n) is 7.73. The fourth-order valence-electron chi connectivity index (χ4n) is 1.87. The molecular weight excluding hydrogens is 138 g/mol. The van der Waals surface area contributed by atoms with Gasteiger partial charge in [-0.25, -0.2) is 0 Å². The van der Waals surface area contributed by atoms with E-state index in [4.69, 9.17) is 0 Å². The van der Waals surface area contributed by atoms with Crippen molar-refractivity contribution >= 4 is 0 Å². The molecule has 0 amide bonds. The predicted molar refractivity (Wildman–Crippen MR) is 46.6 cm³/mol. The summed E-state index contributed by atoms with van der Waals surface area (Å²) in [6.07, 6.45) is 2.59. The Labute approximate surface area is 68.3 Å². The van der Waals surface area contributed by atoms with Crippen molar-refractivity contribution in [3.8, 4) is 0 Å². The molecule has 0 saturated carbocycles. The molecule has 0 atom stereocenters. The van der Waals surface area contributed by atoms with Crippen molar-refractivity contribution in [3.63, 3.8) is 0 Å². The molecule has 64 valence electrons. The van der Waals surface area contributed by atoms with E-state index in [0.717, 1.165) is 6.42 Å². The minimum atomic E-state index is -0.0775. The maximum absolute atomic E-state index is 9.40. The maximum atomic E-state index is 9.40. The fraction of sp³-hybridized carbons (Fsp3) is 0.778. The Balaban J connectivity index is 2.86. The van der Waals surface area contributed by atoms with Crippen molar-refractivity contribution in [3.05, 3.63) is 11.8 Å². The Morgan fingerprint density at radius 1 is 1.36 bits per heavy atom. The SMILES string of the molecule is CC1(C)C=C(O)CC(C)(C)N1. The summed E-state index contributed by atoms with van der Waals surface area (Å²) in [5.74, 6) is 0.499. The van der Waals surface area contributed by atoms with Crippen LogP contribution in [0.25, 0.3) is 0 Å². The molecule has 1 aliphatic rings. The van der Waals surface area contributed by atoms with E-state index in [9.17, 15) is 5.11 Å². The average molecular weight is 155 g/mol. The van der Waals surface area contributed by atoms with Crippen molar-refractivity contribution in [1.29, 1.82) is 0 Å². The van der Waals surface area contributed by atoms with Crippen LogP contribution in [0, 0.1) is 0 Å². The maximum Gasteiger partial charge on any atom is 0.0919 e. The standard InChI is InChI=1S/C9H17NO/c1-8(2)5-7(11)6-9(3,4)10-8/h5,10-11H,6H2,1-4H3. The van der Waals surface area contributed by atoms with Crippen molar-refractivity contribution in [1.82, 2.24) is 5.32 Å². The summed E-state index contributed by atoms with van der Waals surface area (Å²) in [5.41, 5.74) is -0.0613. The van der Waals surface area contributed by atoms with Crippen LogP contribution in [0.5, 0.6) is 0 Å². The quantitative estimate of drug-likeness (QED) is 0.560. The van der Waals surface area contributed by atoms with Crippen molar-refractivity contribution < 1.29 is 5.11 Å². The Morgan fingerprint density at radius 3 is 2.27 bits per heavy atom. The number of aliphatic hydroxyl groups is 1. The lowest BCUT2D eigenvalue weighted by molar-refractivity contribution is 0.229. The average Bonchev–Trinajstić information content (AvgIpc) is 1.49. The molecule has 2 nitrogen and oxygen atoms in total. The topological polar surface area (TPSA) is 32.3 Å². The molecule has 0 bridgehead atoms. The summed E-state index contributed by atoms with van der Waals surface area (Å²) < 4.78 is 0. The minimum absolute atomic E-state index is 0.0162. The summed E-state index contributed by atoms with van der Waals surface area (Å²) in [5, 5.41) is 12.8. The van der Waals surface area contributed by atoms with Crippen molar-refractivity contribution in [2.24, 2.45) is 0 Å². The van der Waals surface area contributed by atoms with Gasteiger partial charge in [0.2, 0.25) is 0 Å². The van der Waals surface area contributed by atoms with Crippen LogP contribution in [0.3, 0.4) is 0 Å². The van der Waals surface area contributed by atoms with Gasteiger partial charge in [0, 0.05) is 17.5 Å². The Morgan fingerprint density at radius 2 is 1.91 bits per heavy atom. The minimum Gasteiger partial charge on any atom is -0.513 e. The summed E-state index contributed by atoms with van der Waals surface area (Å²) >= 11 is 0. The van der Waals surface area contributed by atoms with E-state index in [0.29, 0.717) is 5.76 Å². The van der Waals surface area contributed by atoms with Gasteiger partial charge < -0.3 is 10.4 Å². The zero-order valence-corrected chi connectivity index (χ0v) is 7.73. The molecular formula is C9H17NO. The van der Waals surface area contributed by atoms with Crippen LogP contribution in [0.1, 0.15) is 34.1 Å². The first-order valence-electron chi connectivity index (χ1n) is 4.01. The molecule has 0 aromatic rings. The molecule has 0 fully saturated rings. The monoisotopic (exact) mass is 155 g/mol. The number of rotatable bonds is 0. The molecule has 2 N–H and O–H groups in total. The lowest BCUT2D eigenvalue weighted by Crippen LogP contribution is -2.54. The molecule has 0 unspecified atom stereocenters. The Bertz CT molecular complexity index is 192.